The molecule has 0 aromatic heterocycles. The van der Waals surface area contributed by atoms with E-state index in [4.69, 9.17) is 4.74 Å². The third-order valence-corrected chi connectivity index (χ3v) is 2.27. The summed E-state index contributed by atoms with van der Waals surface area (Å²) in [5, 5.41) is 3.30. The van der Waals surface area contributed by atoms with Crippen molar-refractivity contribution in [3.63, 3.8) is 0 Å². The second-order valence-electron chi connectivity index (χ2n) is 3.94. The number of unbranched alkanes of at least 4 members (excludes halogenated alkanes) is 1. The molecular weight excluding hydrogens is 205 g/mol. The lowest BCUT2D eigenvalue weighted by atomic mass is 10.3. The van der Waals surface area contributed by atoms with E-state index in [9.17, 15) is 4.39 Å². The van der Waals surface area contributed by atoms with E-state index in [2.05, 4.69) is 12.2 Å². The monoisotopic (exact) mass is 225 g/mol. The number of halogens is 1. The van der Waals surface area contributed by atoms with Crippen LogP contribution in [0.1, 0.15) is 26.7 Å². The van der Waals surface area contributed by atoms with E-state index in [0.717, 1.165) is 13.1 Å². The fraction of sp³-hybridized carbons (Fsp3) is 0.538. The van der Waals surface area contributed by atoms with Gasteiger partial charge in [-0.1, -0.05) is 19.4 Å². The van der Waals surface area contributed by atoms with E-state index >= 15 is 0 Å². The van der Waals surface area contributed by atoms with Crippen LogP contribution >= 0.6 is 0 Å². The molecular formula is C13H20FNO. The van der Waals surface area contributed by atoms with E-state index in [1.807, 2.05) is 6.92 Å². The second-order valence-corrected chi connectivity index (χ2v) is 3.94. The summed E-state index contributed by atoms with van der Waals surface area (Å²) in [7, 11) is 0. The average molecular weight is 225 g/mol. The van der Waals surface area contributed by atoms with Gasteiger partial charge in [0.05, 0.1) is 0 Å². The first-order valence-corrected chi connectivity index (χ1v) is 5.85. The fourth-order valence-corrected chi connectivity index (χ4v) is 1.42. The summed E-state index contributed by atoms with van der Waals surface area (Å²) in [4.78, 5) is 0. The largest absolute Gasteiger partial charge is 0.489 e. The lowest BCUT2D eigenvalue weighted by Crippen LogP contribution is -2.29. The molecule has 1 aromatic rings. The van der Waals surface area contributed by atoms with Crippen LogP contribution < -0.4 is 10.1 Å². The Morgan fingerprint density at radius 3 is 2.94 bits per heavy atom. The summed E-state index contributed by atoms with van der Waals surface area (Å²) < 4.78 is 18.4. The number of benzene rings is 1. The SMILES string of the molecule is CCCCNCC(C)Oc1cccc(F)c1. The predicted molar refractivity (Wildman–Crippen MR) is 64.3 cm³/mol. The van der Waals surface area contributed by atoms with Crippen LogP contribution in [0.15, 0.2) is 24.3 Å². The zero-order valence-corrected chi connectivity index (χ0v) is 10.0. The van der Waals surface area contributed by atoms with E-state index in [1.54, 1.807) is 12.1 Å². The smallest absolute Gasteiger partial charge is 0.126 e. The van der Waals surface area contributed by atoms with Crippen LogP contribution in [0, 0.1) is 5.82 Å². The van der Waals surface area contributed by atoms with Gasteiger partial charge in [0.25, 0.3) is 0 Å². The number of rotatable bonds is 7. The first-order valence-electron chi connectivity index (χ1n) is 5.85. The molecule has 0 amide bonds. The van der Waals surface area contributed by atoms with Crippen molar-refractivity contribution in [1.82, 2.24) is 5.32 Å². The maximum absolute atomic E-state index is 12.9. The summed E-state index contributed by atoms with van der Waals surface area (Å²) in [6.07, 6.45) is 2.41. The van der Waals surface area contributed by atoms with Gasteiger partial charge >= 0.3 is 0 Å². The minimum Gasteiger partial charge on any atom is -0.489 e. The Morgan fingerprint density at radius 2 is 2.25 bits per heavy atom. The van der Waals surface area contributed by atoms with Crippen LogP contribution in [0.5, 0.6) is 5.75 Å². The molecule has 0 saturated heterocycles. The highest BCUT2D eigenvalue weighted by Crippen LogP contribution is 2.13. The maximum atomic E-state index is 12.9. The van der Waals surface area contributed by atoms with E-state index in [-0.39, 0.29) is 11.9 Å². The zero-order valence-electron chi connectivity index (χ0n) is 10.0. The molecule has 3 heteroatoms. The summed E-state index contributed by atoms with van der Waals surface area (Å²) in [6.45, 7) is 5.93. The van der Waals surface area contributed by atoms with Gasteiger partial charge in [-0.2, -0.15) is 0 Å². The van der Waals surface area contributed by atoms with Crippen molar-refractivity contribution in [1.29, 1.82) is 0 Å². The highest BCUT2D eigenvalue weighted by atomic mass is 19.1. The van der Waals surface area contributed by atoms with Gasteiger partial charge in [0, 0.05) is 12.6 Å². The quantitative estimate of drug-likeness (QED) is 0.720. The summed E-state index contributed by atoms with van der Waals surface area (Å²) in [6, 6.07) is 6.24. The Bertz CT molecular complexity index is 304. The normalized spacial score (nSPS) is 12.4. The van der Waals surface area contributed by atoms with Crippen LogP contribution in [0.2, 0.25) is 0 Å². The maximum Gasteiger partial charge on any atom is 0.126 e. The highest BCUT2D eigenvalue weighted by molar-refractivity contribution is 5.22. The number of hydrogen-bond acceptors (Lipinski definition) is 2. The fourth-order valence-electron chi connectivity index (χ4n) is 1.42. The Kier molecular flexibility index (Phi) is 5.86. The number of hydrogen-bond donors (Lipinski definition) is 1. The van der Waals surface area contributed by atoms with Crippen molar-refractivity contribution in [2.75, 3.05) is 13.1 Å². The van der Waals surface area contributed by atoms with Crippen LogP contribution in [-0.2, 0) is 0 Å². The number of nitrogens with one attached hydrogen (secondary N) is 1. The Hall–Kier alpha value is -1.09. The Morgan fingerprint density at radius 1 is 1.44 bits per heavy atom. The van der Waals surface area contributed by atoms with Crippen molar-refractivity contribution in [2.24, 2.45) is 0 Å². The van der Waals surface area contributed by atoms with Crippen LogP contribution in [0.3, 0.4) is 0 Å². The summed E-state index contributed by atoms with van der Waals surface area (Å²) >= 11 is 0. The molecule has 1 rings (SSSR count). The topological polar surface area (TPSA) is 21.3 Å². The highest BCUT2D eigenvalue weighted by Gasteiger charge is 2.03. The summed E-state index contributed by atoms with van der Waals surface area (Å²) in [5.41, 5.74) is 0. The molecule has 90 valence electrons. The Balaban J connectivity index is 2.25. The molecule has 0 spiro atoms. The minimum atomic E-state index is -0.261. The molecule has 0 aliphatic rings. The third kappa shape index (κ3) is 5.12. The van der Waals surface area contributed by atoms with E-state index in [0.29, 0.717) is 5.75 Å². The zero-order chi connectivity index (χ0) is 11.8. The van der Waals surface area contributed by atoms with E-state index < -0.39 is 0 Å². The molecule has 0 aliphatic carbocycles. The van der Waals surface area contributed by atoms with Gasteiger partial charge in [0.15, 0.2) is 0 Å². The molecule has 16 heavy (non-hydrogen) atoms. The van der Waals surface area contributed by atoms with Crippen molar-refractivity contribution >= 4 is 0 Å². The van der Waals surface area contributed by atoms with Gasteiger partial charge in [-0.15, -0.1) is 0 Å². The molecule has 0 fully saturated rings. The molecule has 2 nitrogen and oxygen atoms in total. The molecule has 1 atom stereocenters. The Labute approximate surface area is 96.8 Å². The molecule has 0 radical (unpaired) electrons. The lowest BCUT2D eigenvalue weighted by Gasteiger charge is -2.15. The average Bonchev–Trinajstić information content (AvgIpc) is 2.24. The van der Waals surface area contributed by atoms with Gasteiger partial charge in [0.1, 0.15) is 17.7 Å². The van der Waals surface area contributed by atoms with Crippen LogP contribution in [-0.4, -0.2) is 19.2 Å². The predicted octanol–water partition coefficient (Wildman–Crippen LogP) is 2.98. The van der Waals surface area contributed by atoms with E-state index in [1.165, 1.54) is 25.0 Å². The number of ether oxygens (including phenoxy) is 1. The van der Waals surface area contributed by atoms with Crippen LogP contribution in [0.4, 0.5) is 4.39 Å². The van der Waals surface area contributed by atoms with Crippen LogP contribution in [0.25, 0.3) is 0 Å². The minimum absolute atomic E-state index is 0.0543. The molecule has 1 aromatic carbocycles. The van der Waals surface area contributed by atoms with Crippen molar-refractivity contribution in [3.8, 4) is 5.75 Å². The van der Waals surface area contributed by atoms with Crippen molar-refractivity contribution < 1.29 is 9.13 Å². The first kappa shape index (κ1) is 13.0. The second kappa shape index (κ2) is 7.23. The first-order chi connectivity index (χ1) is 7.72. The molecule has 1 N–H and O–H groups in total. The van der Waals surface area contributed by atoms with Gasteiger partial charge < -0.3 is 10.1 Å². The third-order valence-electron chi connectivity index (χ3n) is 2.27. The molecule has 0 heterocycles. The van der Waals surface area contributed by atoms with Gasteiger partial charge in [-0.3, -0.25) is 0 Å². The van der Waals surface area contributed by atoms with Gasteiger partial charge in [-0.05, 0) is 32.0 Å². The van der Waals surface area contributed by atoms with Crippen molar-refractivity contribution in [2.45, 2.75) is 32.8 Å². The van der Waals surface area contributed by atoms with Gasteiger partial charge in [0.2, 0.25) is 0 Å². The molecule has 0 aliphatic heterocycles. The van der Waals surface area contributed by atoms with Gasteiger partial charge in [-0.25, -0.2) is 4.39 Å². The summed E-state index contributed by atoms with van der Waals surface area (Å²) in [5.74, 6) is 0.327. The lowest BCUT2D eigenvalue weighted by molar-refractivity contribution is 0.216. The molecule has 0 saturated carbocycles. The molecule has 0 bridgehead atoms. The van der Waals surface area contributed by atoms with Crippen molar-refractivity contribution in [3.05, 3.63) is 30.1 Å². The standard InChI is InChI=1S/C13H20FNO/c1-3-4-8-15-10-11(2)16-13-7-5-6-12(14)9-13/h5-7,9,11,15H,3-4,8,10H2,1-2H3. The molecule has 1 unspecified atom stereocenters.